The Kier molecular flexibility index (Phi) is 6.72. The fraction of sp³-hybridized carbons (Fsp3) is 0.222. The lowest BCUT2D eigenvalue weighted by Crippen LogP contribution is -2.10. The molecule has 4 nitrogen and oxygen atoms in total. The molecule has 0 unspecified atom stereocenters. The summed E-state index contributed by atoms with van der Waals surface area (Å²) in [5, 5.41) is 11.2. The normalized spacial score (nSPS) is 11.0. The van der Waals surface area contributed by atoms with Gasteiger partial charge in [-0.1, -0.05) is 36.4 Å². The minimum Gasteiger partial charge on any atom is -0.341 e. The number of nitriles is 1. The Bertz CT molecular complexity index is 1330. The molecule has 5 heteroatoms. The zero-order valence-electron chi connectivity index (χ0n) is 18.0. The van der Waals surface area contributed by atoms with Crippen molar-refractivity contribution >= 4 is 45.1 Å². The molecule has 0 aliphatic heterocycles. The van der Waals surface area contributed by atoms with Gasteiger partial charge in [-0.15, -0.1) is 11.8 Å². The van der Waals surface area contributed by atoms with Crippen molar-refractivity contribution in [3.63, 3.8) is 0 Å². The van der Waals surface area contributed by atoms with Crippen molar-refractivity contribution in [3.05, 3.63) is 83.4 Å². The first-order valence-electron chi connectivity index (χ1n) is 10.7. The van der Waals surface area contributed by atoms with Gasteiger partial charge in [0, 0.05) is 41.2 Å². The Balaban J connectivity index is 1.34. The van der Waals surface area contributed by atoms with Crippen LogP contribution in [0.5, 0.6) is 0 Å². The van der Waals surface area contributed by atoms with Crippen molar-refractivity contribution in [1.82, 2.24) is 4.57 Å². The number of carbonyl (C=O) groups is 2. The Hall–Kier alpha value is -3.36. The van der Waals surface area contributed by atoms with Crippen molar-refractivity contribution in [2.24, 2.45) is 0 Å². The summed E-state index contributed by atoms with van der Waals surface area (Å²) in [5.41, 5.74) is 4.88. The summed E-state index contributed by atoms with van der Waals surface area (Å²) in [4.78, 5) is 24.7. The molecule has 0 bridgehead atoms. The lowest BCUT2D eigenvalue weighted by molar-refractivity contribution is -0.116. The van der Waals surface area contributed by atoms with Crippen LogP contribution in [0.15, 0.2) is 66.7 Å². The van der Waals surface area contributed by atoms with Gasteiger partial charge in [-0.2, -0.15) is 5.26 Å². The number of hydrogen-bond donors (Lipinski definition) is 0. The molecule has 0 aliphatic carbocycles. The number of thioether (sulfide) groups is 1. The maximum atomic E-state index is 12.5. The fourth-order valence-corrected chi connectivity index (χ4v) is 4.85. The van der Waals surface area contributed by atoms with Crippen molar-refractivity contribution in [3.8, 4) is 6.07 Å². The number of benzene rings is 3. The van der Waals surface area contributed by atoms with E-state index in [4.69, 9.17) is 5.26 Å². The minimum atomic E-state index is 0.0845. The highest BCUT2D eigenvalue weighted by Crippen LogP contribution is 2.29. The highest BCUT2D eigenvalue weighted by Gasteiger charge is 2.12. The Morgan fingerprint density at radius 3 is 2.16 bits per heavy atom. The fourth-order valence-electron chi connectivity index (χ4n) is 4.08. The summed E-state index contributed by atoms with van der Waals surface area (Å²) in [6.45, 7) is 3.04. The number of carbonyl (C=O) groups excluding carboxylic acids is 2. The van der Waals surface area contributed by atoms with E-state index in [0.29, 0.717) is 29.9 Å². The molecule has 0 saturated heterocycles. The van der Waals surface area contributed by atoms with E-state index in [9.17, 15) is 9.59 Å². The smallest absolute Gasteiger partial charge is 0.147 e. The highest BCUT2D eigenvalue weighted by molar-refractivity contribution is 8.00. The molecule has 0 spiro atoms. The van der Waals surface area contributed by atoms with Gasteiger partial charge in [0.1, 0.15) is 11.6 Å². The summed E-state index contributed by atoms with van der Waals surface area (Å²) in [6, 6.07) is 23.7. The average Bonchev–Trinajstić information content (AvgIpc) is 3.12. The molecule has 1 aromatic heterocycles. The van der Waals surface area contributed by atoms with E-state index in [1.54, 1.807) is 24.3 Å². The number of hydrogen-bond acceptors (Lipinski definition) is 4. The van der Waals surface area contributed by atoms with Gasteiger partial charge in [-0.3, -0.25) is 9.59 Å². The molecule has 3 aromatic carbocycles. The lowest BCUT2D eigenvalue weighted by Gasteiger charge is -2.05. The molecule has 4 aromatic rings. The third-order valence-electron chi connectivity index (χ3n) is 5.56. The molecule has 0 amide bonds. The number of nitrogens with zero attached hydrogens (tertiary/aromatic N) is 2. The van der Waals surface area contributed by atoms with Crippen LogP contribution in [0, 0.1) is 11.3 Å². The second-order valence-corrected chi connectivity index (χ2v) is 8.83. The molecule has 0 aliphatic rings. The van der Waals surface area contributed by atoms with E-state index in [-0.39, 0.29) is 11.6 Å². The molecule has 0 atom stereocenters. The van der Waals surface area contributed by atoms with Crippen molar-refractivity contribution in [2.45, 2.75) is 26.3 Å². The third-order valence-corrected chi connectivity index (χ3v) is 6.62. The largest absolute Gasteiger partial charge is 0.341 e. The Labute approximate surface area is 191 Å². The van der Waals surface area contributed by atoms with Gasteiger partial charge in [0.05, 0.1) is 23.1 Å². The van der Waals surface area contributed by atoms with E-state index in [2.05, 4.69) is 47.9 Å². The number of fused-ring (bicyclic) bond motifs is 3. The van der Waals surface area contributed by atoms with E-state index in [0.717, 1.165) is 17.7 Å². The first-order valence-corrected chi connectivity index (χ1v) is 11.8. The molecule has 32 heavy (non-hydrogen) atoms. The summed E-state index contributed by atoms with van der Waals surface area (Å²) in [7, 11) is 0. The molecule has 4 rings (SSSR count). The molecule has 0 fully saturated rings. The topological polar surface area (TPSA) is 62.9 Å². The van der Waals surface area contributed by atoms with Gasteiger partial charge in [-0.25, -0.2) is 0 Å². The van der Waals surface area contributed by atoms with E-state index in [1.807, 2.05) is 12.1 Å². The number of aromatic nitrogens is 1. The first-order chi connectivity index (χ1) is 15.6. The van der Waals surface area contributed by atoms with Gasteiger partial charge in [0.15, 0.2) is 0 Å². The quantitative estimate of drug-likeness (QED) is 0.352. The number of Topliss-reactive ketones (excluding diaryl/α,β-unsaturated/α-hetero) is 2. The second kappa shape index (κ2) is 9.84. The Morgan fingerprint density at radius 1 is 0.844 bits per heavy atom. The van der Waals surface area contributed by atoms with Crippen LogP contribution < -0.4 is 0 Å². The summed E-state index contributed by atoms with van der Waals surface area (Å²) in [6.07, 6.45) is 0.698. The maximum absolute atomic E-state index is 12.5. The van der Waals surface area contributed by atoms with E-state index >= 15 is 0 Å². The Morgan fingerprint density at radius 2 is 1.47 bits per heavy atom. The van der Waals surface area contributed by atoms with Crippen LogP contribution in [0.4, 0.5) is 0 Å². The molecule has 0 radical (unpaired) electrons. The van der Waals surface area contributed by atoms with Gasteiger partial charge in [0.2, 0.25) is 0 Å². The van der Waals surface area contributed by atoms with Crippen LogP contribution >= 0.6 is 11.8 Å². The molecule has 1 heterocycles. The molecular formula is C27H24N2O2S. The highest BCUT2D eigenvalue weighted by atomic mass is 32.2. The van der Waals surface area contributed by atoms with Gasteiger partial charge < -0.3 is 4.57 Å². The second-order valence-electron chi connectivity index (χ2n) is 7.85. The minimum absolute atomic E-state index is 0.0845. The van der Waals surface area contributed by atoms with E-state index in [1.165, 1.54) is 33.6 Å². The molecule has 0 N–H and O–H groups in total. The van der Waals surface area contributed by atoms with Gasteiger partial charge in [0.25, 0.3) is 0 Å². The molecular weight excluding hydrogens is 416 g/mol. The van der Waals surface area contributed by atoms with Crippen LogP contribution in [0.25, 0.3) is 21.8 Å². The summed E-state index contributed by atoms with van der Waals surface area (Å²) in [5.74, 6) is 0.851. The van der Waals surface area contributed by atoms with Crippen molar-refractivity contribution in [1.29, 1.82) is 5.26 Å². The van der Waals surface area contributed by atoms with Crippen LogP contribution in [0.3, 0.4) is 0 Å². The van der Waals surface area contributed by atoms with Gasteiger partial charge >= 0.3 is 0 Å². The monoisotopic (exact) mass is 440 g/mol. The first kappa shape index (κ1) is 21.9. The maximum Gasteiger partial charge on any atom is 0.147 e. The van der Waals surface area contributed by atoms with Crippen LogP contribution in [-0.4, -0.2) is 27.6 Å². The van der Waals surface area contributed by atoms with Crippen LogP contribution in [0.2, 0.25) is 0 Å². The van der Waals surface area contributed by atoms with Crippen molar-refractivity contribution in [2.75, 3.05) is 11.5 Å². The SMILES string of the molecule is CCn1c2ccccc2c2cc(CC(=O)CSCC(=O)Cc3ccc(C#N)cc3)ccc21. The predicted molar refractivity (Wildman–Crippen MR) is 131 cm³/mol. The summed E-state index contributed by atoms with van der Waals surface area (Å²) >= 11 is 1.37. The standard InChI is InChI=1S/C27H24N2O2S/c1-2-29-26-6-4-3-5-24(26)25-15-21(11-12-27(25)29)14-23(31)18-32-17-22(30)13-19-7-9-20(16-28)10-8-19/h3-12,15H,2,13-14,17-18H2,1H3. The summed E-state index contributed by atoms with van der Waals surface area (Å²) < 4.78 is 2.30. The number of ketones is 2. The zero-order valence-corrected chi connectivity index (χ0v) is 18.8. The van der Waals surface area contributed by atoms with Crippen LogP contribution in [-0.2, 0) is 29.0 Å². The zero-order chi connectivity index (χ0) is 22.5. The van der Waals surface area contributed by atoms with E-state index < -0.39 is 0 Å². The lowest BCUT2D eigenvalue weighted by atomic mass is 10.1. The van der Waals surface area contributed by atoms with Crippen molar-refractivity contribution < 1.29 is 9.59 Å². The number of rotatable bonds is 9. The third kappa shape index (κ3) is 4.76. The predicted octanol–water partition coefficient (Wildman–Crippen LogP) is 5.34. The number of para-hydroxylation sites is 1. The van der Waals surface area contributed by atoms with Crippen LogP contribution in [0.1, 0.15) is 23.6 Å². The molecule has 160 valence electrons. The average molecular weight is 441 g/mol. The number of aryl methyl sites for hydroxylation is 1. The van der Waals surface area contributed by atoms with Gasteiger partial charge in [-0.05, 0) is 48.4 Å². The molecule has 0 saturated carbocycles.